The van der Waals surface area contributed by atoms with Gasteiger partial charge in [0.2, 0.25) is 4.93 Å². The predicted molar refractivity (Wildman–Crippen MR) is 152 cm³/mol. The number of carbonyl (C=O) groups excluding carboxylic acids is 5. The summed E-state index contributed by atoms with van der Waals surface area (Å²) in [4.78, 5) is 60.8. The van der Waals surface area contributed by atoms with E-state index in [2.05, 4.69) is 0 Å². The highest BCUT2D eigenvalue weighted by atomic mass is 32.2. The second kappa shape index (κ2) is 15.5. The summed E-state index contributed by atoms with van der Waals surface area (Å²) in [5, 5.41) is 0. The largest absolute Gasteiger partial charge is 0.462 e. The van der Waals surface area contributed by atoms with Crippen LogP contribution in [-0.4, -0.2) is 71.8 Å². The number of carbonyl (C=O) groups is 5. The van der Waals surface area contributed by atoms with Crippen molar-refractivity contribution in [2.24, 2.45) is 5.73 Å². The Balaban J connectivity index is 2.11. The summed E-state index contributed by atoms with van der Waals surface area (Å²) in [7, 11) is 0. The Kier molecular flexibility index (Phi) is 12.1. The first-order valence-corrected chi connectivity index (χ1v) is 14.3. The number of hydrogen-bond acceptors (Lipinski definition) is 13. The number of hydrogen-bond donors (Lipinski definition) is 1. The highest BCUT2D eigenvalue weighted by Crippen LogP contribution is 2.45. The van der Waals surface area contributed by atoms with Crippen molar-refractivity contribution in [3.8, 4) is 0 Å². The van der Waals surface area contributed by atoms with Crippen LogP contribution in [0.5, 0.6) is 0 Å². The zero-order valence-corrected chi connectivity index (χ0v) is 25.1. The Morgan fingerprint density at radius 3 is 2.02 bits per heavy atom. The van der Waals surface area contributed by atoms with E-state index in [9.17, 15) is 24.0 Å². The van der Waals surface area contributed by atoms with Crippen molar-refractivity contribution in [1.29, 1.82) is 0 Å². The van der Waals surface area contributed by atoms with Gasteiger partial charge in [-0.3, -0.25) is 19.2 Å². The molecule has 0 amide bonds. The lowest BCUT2D eigenvalue weighted by atomic mass is 9.90. The molecule has 12 nitrogen and oxygen atoms in total. The van der Waals surface area contributed by atoms with Gasteiger partial charge in [-0.15, -0.1) is 0 Å². The van der Waals surface area contributed by atoms with Crippen LogP contribution in [0.4, 0.5) is 0 Å². The fourth-order valence-electron chi connectivity index (χ4n) is 4.48. The molecule has 0 saturated carbocycles. The molecule has 2 aromatic rings. The molecule has 1 aliphatic heterocycles. The highest BCUT2D eigenvalue weighted by Gasteiger charge is 2.57. The van der Waals surface area contributed by atoms with Gasteiger partial charge in [0.15, 0.2) is 12.2 Å². The summed E-state index contributed by atoms with van der Waals surface area (Å²) >= 11 is 0.995. The number of thioether (sulfide) groups is 1. The van der Waals surface area contributed by atoms with Gasteiger partial charge in [-0.25, -0.2) is 4.79 Å². The van der Waals surface area contributed by atoms with E-state index in [0.717, 1.165) is 32.5 Å². The van der Waals surface area contributed by atoms with E-state index < -0.39 is 71.8 Å². The summed E-state index contributed by atoms with van der Waals surface area (Å²) in [5.41, 5.74) is 7.26. The molecule has 0 aromatic heterocycles. The summed E-state index contributed by atoms with van der Waals surface area (Å²) in [6, 6.07) is 16.6. The number of ether oxygens (including phenoxy) is 6. The van der Waals surface area contributed by atoms with Crippen LogP contribution >= 0.6 is 11.8 Å². The topological polar surface area (TPSA) is 167 Å². The molecule has 2 N–H and O–H groups in total. The van der Waals surface area contributed by atoms with E-state index in [0.29, 0.717) is 10.5 Å². The summed E-state index contributed by atoms with van der Waals surface area (Å²) in [6.07, 6.45) is -5.67. The fourth-order valence-corrected chi connectivity index (χ4v) is 5.71. The van der Waals surface area contributed by atoms with E-state index in [-0.39, 0.29) is 13.0 Å². The monoisotopic (exact) mass is 617 g/mol. The summed E-state index contributed by atoms with van der Waals surface area (Å²) < 4.78 is 33.7. The number of rotatable bonds is 12. The minimum absolute atomic E-state index is 0.0923. The maximum atomic E-state index is 14.0. The standard InChI is InChI=1S/C30H35NO11S/c1-18(32)37-17-25(40-20(3)34)27(41-21(4)35)28-26(31)24(39-19(2)33)15-30(42-28,43-23-13-9-6-10-14-23)29(36)38-16-22-11-7-5-8-12-22/h5-14,24-28H,15-17,31H2,1-4H3/t24-,25?,26+,27?,28?,30+/m0/s1. The van der Waals surface area contributed by atoms with Gasteiger partial charge in [-0.1, -0.05) is 60.3 Å². The smallest absolute Gasteiger partial charge is 0.349 e. The van der Waals surface area contributed by atoms with Crippen LogP contribution in [0.2, 0.25) is 0 Å². The lowest BCUT2D eigenvalue weighted by molar-refractivity contribution is -0.222. The maximum Gasteiger partial charge on any atom is 0.349 e. The molecule has 0 aliphatic carbocycles. The van der Waals surface area contributed by atoms with Gasteiger partial charge >= 0.3 is 29.8 Å². The van der Waals surface area contributed by atoms with Gasteiger partial charge in [0.1, 0.15) is 25.4 Å². The third kappa shape index (κ3) is 9.80. The molecule has 0 spiro atoms. The SMILES string of the molecule is CC(=O)OCC(OC(C)=O)C(OC(C)=O)C1O[C@](Sc2ccccc2)(C(=O)OCc2ccccc2)C[C@H](OC(C)=O)[C@H]1N. The fraction of sp³-hybridized carbons (Fsp3) is 0.433. The normalized spacial score (nSPS) is 22.8. The predicted octanol–water partition coefficient (Wildman–Crippen LogP) is 2.69. The van der Waals surface area contributed by atoms with E-state index in [4.69, 9.17) is 34.2 Å². The van der Waals surface area contributed by atoms with Crippen LogP contribution < -0.4 is 5.73 Å². The Hall–Kier alpha value is -3.94. The Morgan fingerprint density at radius 1 is 0.860 bits per heavy atom. The molecule has 1 heterocycles. The average molecular weight is 618 g/mol. The van der Waals surface area contributed by atoms with E-state index >= 15 is 0 Å². The molecular weight excluding hydrogens is 582 g/mol. The van der Waals surface area contributed by atoms with Crippen molar-refractivity contribution >= 4 is 41.6 Å². The highest BCUT2D eigenvalue weighted by molar-refractivity contribution is 8.01. The van der Waals surface area contributed by atoms with Crippen LogP contribution in [0.1, 0.15) is 39.7 Å². The molecule has 3 unspecified atom stereocenters. The molecule has 0 bridgehead atoms. The van der Waals surface area contributed by atoms with Gasteiger partial charge in [0, 0.05) is 39.0 Å². The molecule has 43 heavy (non-hydrogen) atoms. The van der Waals surface area contributed by atoms with Gasteiger partial charge in [-0.05, 0) is 17.7 Å². The van der Waals surface area contributed by atoms with Crippen molar-refractivity contribution in [1.82, 2.24) is 0 Å². The van der Waals surface area contributed by atoms with Crippen LogP contribution in [0, 0.1) is 0 Å². The lowest BCUT2D eigenvalue weighted by Crippen LogP contribution is -2.66. The molecule has 2 aromatic carbocycles. The molecule has 3 rings (SSSR count). The third-order valence-corrected chi connectivity index (χ3v) is 7.50. The first kappa shape index (κ1) is 33.6. The average Bonchev–Trinajstić information content (AvgIpc) is 2.95. The van der Waals surface area contributed by atoms with Gasteiger partial charge < -0.3 is 34.2 Å². The minimum Gasteiger partial charge on any atom is -0.462 e. The van der Waals surface area contributed by atoms with Crippen molar-refractivity contribution in [2.45, 2.75) is 81.0 Å². The quantitative estimate of drug-likeness (QED) is 0.273. The first-order valence-electron chi connectivity index (χ1n) is 13.4. The van der Waals surface area contributed by atoms with Crippen molar-refractivity contribution in [3.05, 3.63) is 66.2 Å². The second-order valence-corrected chi connectivity index (χ2v) is 11.1. The van der Waals surface area contributed by atoms with Crippen LogP contribution in [0.15, 0.2) is 65.6 Å². The Bertz CT molecular complexity index is 1280. The molecule has 1 saturated heterocycles. The second-order valence-electron chi connectivity index (χ2n) is 9.77. The van der Waals surface area contributed by atoms with E-state index in [1.54, 1.807) is 54.6 Å². The Morgan fingerprint density at radius 2 is 1.47 bits per heavy atom. The molecular formula is C30H35NO11S. The Labute approximate surface area is 253 Å². The van der Waals surface area contributed by atoms with E-state index in [1.807, 2.05) is 6.07 Å². The van der Waals surface area contributed by atoms with Crippen LogP contribution in [0.25, 0.3) is 0 Å². The van der Waals surface area contributed by atoms with Crippen molar-refractivity contribution < 1.29 is 52.4 Å². The number of esters is 5. The third-order valence-electron chi connectivity index (χ3n) is 6.23. The van der Waals surface area contributed by atoms with Crippen molar-refractivity contribution in [3.63, 3.8) is 0 Å². The maximum absolute atomic E-state index is 14.0. The van der Waals surface area contributed by atoms with Gasteiger partial charge in [-0.2, -0.15) is 0 Å². The molecule has 0 radical (unpaired) electrons. The molecule has 6 atom stereocenters. The zero-order valence-electron chi connectivity index (χ0n) is 24.3. The number of benzene rings is 2. The molecule has 1 aliphatic rings. The minimum atomic E-state index is -1.88. The summed E-state index contributed by atoms with van der Waals surface area (Å²) in [6.45, 7) is 3.95. The number of nitrogens with two attached hydrogens (primary N) is 1. The molecule has 232 valence electrons. The molecule has 13 heteroatoms. The van der Waals surface area contributed by atoms with E-state index in [1.165, 1.54) is 6.92 Å². The zero-order chi connectivity index (χ0) is 31.6. The lowest BCUT2D eigenvalue weighted by Gasteiger charge is -2.47. The van der Waals surface area contributed by atoms with Crippen molar-refractivity contribution in [2.75, 3.05) is 6.61 Å². The van der Waals surface area contributed by atoms with Gasteiger partial charge in [0.25, 0.3) is 0 Å². The van der Waals surface area contributed by atoms with Crippen LogP contribution in [0.3, 0.4) is 0 Å². The first-order chi connectivity index (χ1) is 20.4. The molecule has 1 fully saturated rings. The van der Waals surface area contributed by atoms with Crippen LogP contribution in [-0.2, 0) is 59.0 Å². The van der Waals surface area contributed by atoms with Gasteiger partial charge in [0.05, 0.1) is 6.04 Å². The summed E-state index contributed by atoms with van der Waals surface area (Å²) in [5.74, 6) is -3.77.